The Bertz CT molecular complexity index is 804. The standard InChI is InChI=1S/C20H20N2O2S/c23-19-6-3-12-22(19)15-9-7-14(8-10-15)20(24)21-17-11-13-25-18-5-2-1-4-16(17)18/h1-2,4-5,7-10,17H,3,6,11-13H2,(H,21,24)/t17-/m1/s1. The van der Waals surface area contributed by atoms with Crippen molar-refractivity contribution >= 4 is 29.3 Å². The molecule has 2 aromatic carbocycles. The SMILES string of the molecule is O=C(N[C@@H]1CCSc2ccccc21)c1ccc(N2CCCC2=O)cc1. The Hall–Kier alpha value is -2.27. The number of carbonyl (C=O) groups is 2. The lowest BCUT2D eigenvalue weighted by Crippen LogP contribution is -2.30. The molecule has 2 aliphatic heterocycles. The maximum Gasteiger partial charge on any atom is 0.251 e. The number of amides is 2. The Morgan fingerprint density at radius 2 is 1.92 bits per heavy atom. The zero-order valence-corrected chi connectivity index (χ0v) is 14.7. The number of fused-ring (bicyclic) bond motifs is 1. The normalized spacial score (nSPS) is 19.6. The number of benzene rings is 2. The van der Waals surface area contributed by atoms with Crippen molar-refractivity contribution in [3.63, 3.8) is 0 Å². The van der Waals surface area contributed by atoms with Crippen molar-refractivity contribution < 1.29 is 9.59 Å². The Balaban J connectivity index is 1.48. The maximum absolute atomic E-state index is 12.6. The van der Waals surface area contributed by atoms with Crippen molar-refractivity contribution in [2.45, 2.75) is 30.2 Å². The monoisotopic (exact) mass is 352 g/mol. The van der Waals surface area contributed by atoms with Gasteiger partial charge in [-0.2, -0.15) is 0 Å². The molecule has 2 aromatic rings. The largest absolute Gasteiger partial charge is 0.345 e. The molecule has 2 amide bonds. The van der Waals surface area contributed by atoms with Crippen LogP contribution in [0.5, 0.6) is 0 Å². The smallest absolute Gasteiger partial charge is 0.251 e. The number of hydrogen-bond donors (Lipinski definition) is 1. The van der Waals surface area contributed by atoms with E-state index in [1.807, 2.05) is 36.0 Å². The summed E-state index contributed by atoms with van der Waals surface area (Å²) in [5, 5.41) is 3.16. The van der Waals surface area contributed by atoms with Crippen molar-refractivity contribution in [3.05, 3.63) is 59.7 Å². The highest BCUT2D eigenvalue weighted by molar-refractivity contribution is 7.99. The van der Waals surface area contributed by atoms with Gasteiger partial charge in [0.25, 0.3) is 5.91 Å². The van der Waals surface area contributed by atoms with Gasteiger partial charge in [-0.25, -0.2) is 0 Å². The molecule has 128 valence electrons. The van der Waals surface area contributed by atoms with Crippen LogP contribution in [0.2, 0.25) is 0 Å². The molecule has 0 spiro atoms. The number of hydrogen-bond acceptors (Lipinski definition) is 3. The summed E-state index contributed by atoms with van der Waals surface area (Å²) in [6, 6.07) is 15.7. The van der Waals surface area contributed by atoms with Gasteiger partial charge in [0.15, 0.2) is 0 Å². The third-order valence-electron chi connectivity index (χ3n) is 4.78. The molecular formula is C20H20N2O2S. The topological polar surface area (TPSA) is 49.4 Å². The van der Waals surface area contributed by atoms with Gasteiger partial charge in [-0.15, -0.1) is 11.8 Å². The number of anilines is 1. The Morgan fingerprint density at radius 1 is 1.12 bits per heavy atom. The fraction of sp³-hybridized carbons (Fsp3) is 0.300. The van der Waals surface area contributed by atoms with Crippen LogP contribution in [-0.2, 0) is 4.79 Å². The quantitative estimate of drug-likeness (QED) is 0.914. The molecule has 1 atom stereocenters. The second-order valence-corrected chi connectivity index (χ2v) is 7.53. The first kappa shape index (κ1) is 16.2. The van der Waals surface area contributed by atoms with Crippen LogP contribution in [0.25, 0.3) is 0 Å². The molecule has 2 aliphatic rings. The van der Waals surface area contributed by atoms with Crippen LogP contribution in [0.4, 0.5) is 5.69 Å². The molecule has 4 rings (SSSR count). The Morgan fingerprint density at radius 3 is 2.68 bits per heavy atom. The first-order valence-corrected chi connectivity index (χ1v) is 9.64. The number of nitrogens with one attached hydrogen (secondary N) is 1. The molecule has 2 heterocycles. The fourth-order valence-corrected chi connectivity index (χ4v) is 4.57. The number of nitrogens with zero attached hydrogens (tertiary/aromatic N) is 1. The van der Waals surface area contributed by atoms with Gasteiger partial charge in [0.1, 0.15) is 0 Å². The minimum absolute atomic E-state index is 0.0600. The minimum Gasteiger partial charge on any atom is -0.345 e. The zero-order chi connectivity index (χ0) is 17.2. The van der Waals surface area contributed by atoms with Crippen LogP contribution < -0.4 is 10.2 Å². The molecule has 5 heteroatoms. The molecule has 4 nitrogen and oxygen atoms in total. The van der Waals surface area contributed by atoms with E-state index in [9.17, 15) is 9.59 Å². The fourth-order valence-electron chi connectivity index (χ4n) is 3.45. The van der Waals surface area contributed by atoms with E-state index in [1.165, 1.54) is 10.5 Å². The average molecular weight is 352 g/mol. The highest BCUT2D eigenvalue weighted by atomic mass is 32.2. The van der Waals surface area contributed by atoms with Crippen molar-refractivity contribution in [1.29, 1.82) is 0 Å². The summed E-state index contributed by atoms with van der Waals surface area (Å²) in [7, 11) is 0. The van der Waals surface area contributed by atoms with Crippen LogP contribution in [0, 0.1) is 0 Å². The summed E-state index contributed by atoms with van der Waals surface area (Å²) < 4.78 is 0. The van der Waals surface area contributed by atoms with E-state index >= 15 is 0 Å². The average Bonchev–Trinajstić information content (AvgIpc) is 3.08. The van der Waals surface area contributed by atoms with E-state index in [2.05, 4.69) is 17.4 Å². The van der Waals surface area contributed by atoms with Crippen LogP contribution in [0.1, 0.15) is 41.2 Å². The van der Waals surface area contributed by atoms with Crippen LogP contribution in [0.3, 0.4) is 0 Å². The van der Waals surface area contributed by atoms with Crippen LogP contribution in [0.15, 0.2) is 53.4 Å². The third-order valence-corrected chi connectivity index (χ3v) is 5.90. The molecular weight excluding hydrogens is 332 g/mol. The molecule has 0 radical (unpaired) electrons. The predicted octanol–water partition coefficient (Wildman–Crippen LogP) is 3.78. The first-order chi connectivity index (χ1) is 12.2. The van der Waals surface area contributed by atoms with E-state index in [1.54, 1.807) is 17.0 Å². The second kappa shape index (κ2) is 6.92. The van der Waals surface area contributed by atoms with Gasteiger partial charge >= 0.3 is 0 Å². The van der Waals surface area contributed by atoms with Crippen molar-refractivity contribution in [3.8, 4) is 0 Å². The lowest BCUT2D eigenvalue weighted by atomic mass is 10.0. The number of thioether (sulfide) groups is 1. The molecule has 0 unspecified atom stereocenters. The van der Waals surface area contributed by atoms with E-state index < -0.39 is 0 Å². The van der Waals surface area contributed by atoms with E-state index in [-0.39, 0.29) is 17.9 Å². The van der Waals surface area contributed by atoms with Crippen LogP contribution >= 0.6 is 11.8 Å². The van der Waals surface area contributed by atoms with Gasteiger partial charge in [-0.3, -0.25) is 9.59 Å². The molecule has 1 saturated heterocycles. The number of rotatable bonds is 3. The maximum atomic E-state index is 12.6. The first-order valence-electron chi connectivity index (χ1n) is 8.65. The Kier molecular flexibility index (Phi) is 4.49. The van der Waals surface area contributed by atoms with E-state index in [4.69, 9.17) is 0 Å². The predicted molar refractivity (Wildman–Crippen MR) is 100 cm³/mol. The molecule has 0 saturated carbocycles. The Labute approximate surface area is 151 Å². The highest BCUT2D eigenvalue weighted by Gasteiger charge is 2.24. The molecule has 0 aromatic heterocycles. The summed E-state index contributed by atoms with van der Waals surface area (Å²) in [4.78, 5) is 27.5. The van der Waals surface area contributed by atoms with Gasteiger partial charge in [0.05, 0.1) is 6.04 Å². The highest BCUT2D eigenvalue weighted by Crippen LogP contribution is 2.36. The molecule has 0 aliphatic carbocycles. The lowest BCUT2D eigenvalue weighted by Gasteiger charge is -2.26. The van der Waals surface area contributed by atoms with Crippen molar-refractivity contribution in [1.82, 2.24) is 5.32 Å². The summed E-state index contributed by atoms with van der Waals surface area (Å²) in [6.45, 7) is 0.765. The van der Waals surface area contributed by atoms with Crippen molar-refractivity contribution in [2.75, 3.05) is 17.2 Å². The molecule has 0 bridgehead atoms. The van der Waals surface area contributed by atoms with Gasteiger partial charge in [0.2, 0.25) is 5.91 Å². The summed E-state index contributed by atoms with van der Waals surface area (Å²) in [5.41, 5.74) is 2.70. The molecule has 25 heavy (non-hydrogen) atoms. The number of carbonyl (C=O) groups excluding carboxylic acids is 2. The minimum atomic E-state index is -0.0639. The van der Waals surface area contributed by atoms with Gasteiger partial charge in [-0.05, 0) is 48.7 Å². The van der Waals surface area contributed by atoms with E-state index in [0.717, 1.165) is 30.8 Å². The van der Waals surface area contributed by atoms with Crippen LogP contribution in [-0.4, -0.2) is 24.1 Å². The third kappa shape index (κ3) is 3.29. The summed E-state index contributed by atoms with van der Waals surface area (Å²) in [5.74, 6) is 1.11. The van der Waals surface area contributed by atoms with Gasteiger partial charge < -0.3 is 10.2 Å². The summed E-state index contributed by atoms with van der Waals surface area (Å²) in [6.07, 6.45) is 2.45. The van der Waals surface area contributed by atoms with Crippen molar-refractivity contribution in [2.24, 2.45) is 0 Å². The molecule has 1 fully saturated rings. The summed E-state index contributed by atoms with van der Waals surface area (Å²) >= 11 is 1.84. The molecule has 1 N–H and O–H groups in total. The second-order valence-electron chi connectivity index (χ2n) is 6.40. The van der Waals surface area contributed by atoms with E-state index in [0.29, 0.717) is 12.0 Å². The van der Waals surface area contributed by atoms with Gasteiger partial charge in [-0.1, -0.05) is 18.2 Å². The van der Waals surface area contributed by atoms with Gasteiger partial charge in [0, 0.05) is 34.9 Å². The zero-order valence-electron chi connectivity index (χ0n) is 13.9. The lowest BCUT2D eigenvalue weighted by molar-refractivity contribution is -0.117.